The summed E-state index contributed by atoms with van der Waals surface area (Å²) >= 11 is 0. The van der Waals surface area contributed by atoms with Gasteiger partial charge in [-0.3, -0.25) is 0 Å². The third kappa shape index (κ3) is 3.25. The van der Waals surface area contributed by atoms with Crippen molar-refractivity contribution < 1.29 is 5.11 Å². The molecule has 0 saturated heterocycles. The Morgan fingerprint density at radius 1 is 1.53 bits per heavy atom. The highest BCUT2D eigenvalue weighted by atomic mass is 16.3. The molecule has 2 N–H and O–H groups in total. The number of anilines is 1. The number of hydrogen-bond donors (Lipinski definition) is 2. The minimum absolute atomic E-state index is 0.183. The highest BCUT2D eigenvalue weighted by molar-refractivity contribution is 5.49. The summed E-state index contributed by atoms with van der Waals surface area (Å²) < 4.78 is 0. The Morgan fingerprint density at radius 2 is 2.32 bits per heavy atom. The molecule has 4 heteroatoms. The Bertz CT molecular complexity index is 393. The van der Waals surface area contributed by atoms with E-state index >= 15 is 0 Å². The van der Waals surface area contributed by atoms with Crippen LogP contribution in [0, 0.1) is 0 Å². The summed E-state index contributed by atoms with van der Waals surface area (Å²) in [5, 5.41) is 12.8. The normalized spacial score (nSPS) is 17.0. The average molecular weight is 263 g/mol. The van der Waals surface area contributed by atoms with Crippen LogP contribution in [0.15, 0.2) is 18.3 Å². The van der Waals surface area contributed by atoms with Gasteiger partial charge in [0, 0.05) is 30.4 Å². The molecule has 1 aliphatic rings. The Labute approximate surface area is 115 Å². The molecule has 1 atom stereocenters. The molecular weight excluding hydrogens is 238 g/mol. The van der Waals surface area contributed by atoms with Crippen LogP contribution in [0.2, 0.25) is 0 Å². The molecule has 1 unspecified atom stereocenters. The summed E-state index contributed by atoms with van der Waals surface area (Å²) in [6.07, 6.45) is 5.56. The molecule has 19 heavy (non-hydrogen) atoms. The van der Waals surface area contributed by atoms with Crippen LogP contribution in [-0.4, -0.2) is 35.8 Å². The van der Waals surface area contributed by atoms with Crippen molar-refractivity contribution in [1.82, 2.24) is 10.3 Å². The van der Waals surface area contributed by atoms with Gasteiger partial charge in [-0.15, -0.1) is 0 Å². The Morgan fingerprint density at radius 3 is 2.89 bits per heavy atom. The van der Waals surface area contributed by atoms with Gasteiger partial charge in [0.15, 0.2) is 0 Å². The van der Waals surface area contributed by atoms with E-state index in [0.717, 1.165) is 12.4 Å². The van der Waals surface area contributed by atoms with Gasteiger partial charge in [-0.1, -0.05) is 13.0 Å². The van der Waals surface area contributed by atoms with Crippen LogP contribution in [0.1, 0.15) is 44.7 Å². The van der Waals surface area contributed by atoms with Crippen LogP contribution < -0.4 is 10.2 Å². The van der Waals surface area contributed by atoms with Crippen molar-refractivity contribution in [3.05, 3.63) is 23.9 Å². The van der Waals surface area contributed by atoms with Gasteiger partial charge in [0.2, 0.25) is 0 Å². The monoisotopic (exact) mass is 263 g/mol. The predicted octanol–water partition coefficient (Wildman–Crippen LogP) is 2.10. The van der Waals surface area contributed by atoms with Gasteiger partial charge in [-0.2, -0.15) is 0 Å². The molecule has 1 aromatic heterocycles. The maximum atomic E-state index is 9.31. The van der Waals surface area contributed by atoms with Crippen LogP contribution >= 0.6 is 0 Å². The number of nitrogens with one attached hydrogen (secondary N) is 1. The molecule has 1 fully saturated rings. The second kappa shape index (κ2) is 6.87. The van der Waals surface area contributed by atoms with Crippen molar-refractivity contribution in [2.45, 2.75) is 45.2 Å². The van der Waals surface area contributed by atoms with Crippen molar-refractivity contribution in [1.29, 1.82) is 0 Å². The number of hydrogen-bond acceptors (Lipinski definition) is 4. The van der Waals surface area contributed by atoms with E-state index in [1.54, 1.807) is 0 Å². The lowest BCUT2D eigenvalue weighted by atomic mass is 9.91. The third-order valence-electron chi connectivity index (χ3n) is 3.92. The van der Waals surface area contributed by atoms with Crippen molar-refractivity contribution in [3.63, 3.8) is 0 Å². The summed E-state index contributed by atoms with van der Waals surface area (Å²) in [6.45, 7) is 6.08. The van der Waals surface area contributed by atoms with Crippen LogP contribution in [0.5, 0.6) is 0 Å². The number of pyridine rings is 1. The van der Waals surface area contributed by atoms with E-state index in [2.05, 4.69) is 35.1 Å². The Hall–Kier alpha value is -1.13. The van der Waals surface area contributed by atoms with Gasteiger partial charge in [0.05, 0.1) is 6.61 Å². The fourth-order valence-electron chi connectivity index (χ4n) is 2.67. The summed E-state index contributed by atoms with van der Waals surface area (Å²) in [7, 11) is 0. The fraction of sp³-hybridized carbons (Fsp3) is 0.667. The van der Waals surface area contributed by atoms with Crippen molar-refractivity contribution in [3.8, 4) is 0 Å². The maximum Gasteiger partial charge on any atom is 0.133 e. The molecule has 2 rings (SSSR count). The molecule has 106 valence electrons. The molecule has 0 radical (unpaired) electrons. The lowest BCUT2D eigenvalue weighted by Gasteiger charge is -2.39. The van der Waals surface area contributed by atoms with E-state index in [0.29, 0.717) is 12.6 Å². The minimum atomic E-state index is 0.183. The molecule has 0 aliphatic heterocycles. The molecule has 1 saturated carbocycles. The van der Waals surface area contributed by atoms with Gasteiger partial charge in [-0.25, -0.2) is 4.98 Å². The third-order valence-corrected chi connectivity index (χ3v) is 3.92. The molecule has 0 amide bonds. The zero-order valence-electron chi connectivity index (χ0n) is 12.0. The van der Waals surface area contributed by atoms with E-state index in [1.165, 1.54) is 24.8 Å². The average Bonchev–Trinajstić information content (AvgIpc) is 2.36. The van der Waals surface area contributed by atoms with Crippen molar-refractivity contribution in [2.75, 3.05) is 24.6 Å². The highest BCUT2D eigenvalue weighted by Gasteiger charge is 2.27. The quantitative estimate of drug-likeness (QED) is 0.791. The minimum Gasteiger partial charge on any atom is -0.395 e. The SMILES string of the molecule is CCNC(C)c1cccnc1N(CCO)C1CCC1. The standard InChI is InChI=1S/C15H25N3O/c1-3-16-12(2)14-8-5-9-17-15(14)18(10-11-19)13-6-4-7-13/h5,8-9,12-13,16,19H,3-4,6-7,10-11H2,1-2H3. The van der Waals surface area contributed by atoms with Gasteiger partial charge in [0.1, 0.15) is 5.82 Å². The smallest absolute Gasteiger partial charge is 0.133 e. The number of nitrogens with zero attached hydrogens (tertiary/aromatic N) is 2. The fourth-order valence-corrected chi connectivity index (χ4v) is 2.67. The van der Waals surface area contributed by atoms with Crippen LogP contribution in [-0.2, 0) is 0 Å². The van der Waals surface area contributed by atoms with Crippen molar-refractivity contribution in [2.24, 2.45) is 0 Å². The van der Waals surface area contributed by atoms with Crippen LogP contribution in [0.3, 0.4) is 0 Å². The number of rotatable bonds is 7. The van der Waals surface area contributed by atoms with E-state index in [-0.39, 0.29) is 12.6 Å². The highest BCUT2D eigenvalue weighted by Crippen LogP contribution is 2.32. The summed E-state index contributed by atoms with van der Waals surface area (Å²) in [6, 6.07) is 4.97. The first-order chi connectivity index (χ1) is 9.27. The Kier molecular flexibility index (Phi) is 5.16. The molecule has 1 aromatic rings. The van der Waals surface area contributed by atoms with Crippen molar-refractivity contribution >= 4 is 5.82 Å². The maximum absolute atomic E-state index is 9.31. The second-order valence-electron chi connectivity index (χ2n) is 5.20. The second-order valence-corrected chi connectivity index (χ2v) is 5.20. The zero-order valence-corrected chi connectivity index (χ0v) is 12.0. The Balaban J connectivity index is 2.24. The van der Waals surface area contributed by atoms with Crippen LogP contribution in [0.4, 0.5) is 5.82 Å². The van der Waals surface area contributed by atoms with Gasteiger partial charge < -0.3 is 15.3 Å². The van der Waals surface area contributed by atoms with Gasteiger partial charge >= 0.3 is 0 Å². The summed E-state index contributed by atoms with van der Waals surface area (Å²) in [5.74, 6) is 1.04. The number of aliphatic hydroxyl groups is 1. The molecule has 0 bridgehead atoms. The number of aliphatic hydroxyl groups excluding tert-OH is 1. The molecule has 0 aromatic carbocycles. The molecule has 4 nitrogen and oxygen atoms in total. The van der Waals surface area contributed by atoms with Crippen LogP contribution in [0.25, 0.3) is 0 Å². The predicted molar refractivity (Wildman–Crippen MR) is 78.4 cm³/mol. The van der Waals surface area contributed by atoms with E-state index in [4.69, 9.17) is 0 Å². The van der Waals surface area contributed by atoms with Gasteiger partial charge in [-0.05, 0) is 38.8 Å². The largest absolute Gasteiger partial charge is 0.395 e. The zero-order chi connectivity index (χ0) is 13.7. The van der Waals surface area contributed by atoms with E-state index < -0.39 is 0 Å². The molecular formula is C15H25N3O. The summed E-state index contributed by atoms with van der Waals surface area (Å²) in [5.41, 5.74) is 1.23. The topological polar surface area (TPSA) is 48.4 Å². The summed E-state index contributed by atoms with van der Waals surface area (Å²) in [4.78, 5) is 6.86. The first-order valence-corrected chi connectivity index (χ1v) is 7.33. The molecule has 0 spiro atoms. The molecule has 1 aliphatic carbocycles. The number of aromatic nitrogens is 1. The lowest BCUT2D eigenvalue weighted by molar-refractivity contribution is 0.282. The van der Waals surface area contributed by atoms with Gasteiger partial charge in [0.25, 0.3) is 0 Å². The molecule has 1 heterocycles. The van der Waals surface area contributed by atoms with E-state index in [9.17, 15) is 5.11 Å². The van der Waals surface area contributed by atoms with E-state index in [1.807, 2.05) is 12.3 Å². The first-order valence-electron chi connectivity index (χ1n) is 7.33. The lowest BCUT2D eigenvalue weighted by Crippen LogP contribution is -2.43. The first kappa shape index (κ1) is 14.3.